The van der Waals surface area contributed by atoms with Crippen molar-refractivity contribution in [2.75, 3.05) is 20.1 Å². The highest BCUT2D eigenvalue weighted by molar-refractivity contribution is 5.13. The number of hydrogen-bond acceptors (Lipinski definition) is 2. The molecule has 0 aromatic rings. The number of likely N-dealkylation sites (N-methyl/N-ethyl adjacent to an activating group) is 2. The molecule has 0 unspecified atom stereocenters. The minimum absolute atomic E-state index is 0.536. The van der Waals surface area contributed by atoms with Crippen LogP contribution in [-0.2, 0) is 0 Å². The molecule has 3 rings (SSSR count). The van der Waals surface area contributed by atoms with Crippen molar-refractivity contribution in [1.29, 1.82) is 0 Å². The number of nitrogens with one attached hydrogen (secondary N) is 1. The third kappa shape index (κ3) is 0.722. The lowest BCUT2D eigenvalue weighted by atomic mass is 9.78. The summed E-state index contributed by atoms with van der Waals surface area (Å²) < 4.78 is 0. The zero-order chi connectivity index (χ0) is 7.19. The minimum atomic E-state index is 0.536. The van der Waals surface area contributed by atoms with Gasteiger partial charge in [-0.1, -0.05) is 6.92 Å². The Morgan fingerprint density at radius 3 is 2.70 bits per heavy atom. The Hall–Kier alpha value is -0.0800. The highest BCUT2D eigenvalue weighted by atomic mass is 15.3. The van der Waals surface area contributed by atoms with Crippen LogP contribution < -0.4 is 5.32 Å². The van der Waals surface area contributed by atoms with Crippen LogP contribution in [0.3, 0.4) is 0 Å². The standard InChI is InChI=1S/C8H16N2/c1-3-9-8-4-7(5-8)10(2)6-8/h7,9H,3-6H2,1-2H3. The van der Waals surface area contributed by atoms with Gasteiger partial charge in [-0.15, -0.1) is 0 Å². The summed E-state index contributed by atoms with van der Waals surface area (Å²) in [4.78, 5) is 2.47. The first-order valence-corrected chi connectivity index (χ1v) is 4.21. The minimum Gasteiger partial charge on any atom is -0.310 e. The highest BCUT2D eigenvalue weighted by Crippen LogP contribution is 2.43. The molecule has 2 nitrogen and oxygen atoms in total. The Morgan fingerprint density at radius 2 is 2.30 bits per heavy atom. The van der Waals surface area contributed by atoms with Crippen molar-refractivity contribution in [3.63, 3.8) is 0 Å². The third-order valence-corrected chi connectivity index (χ3v) is 2.98. The third-order valence-electron chi connectivity index (χ3n) is 2.98. The van der Waals surface area contributed by atoms with Gasteiger partial charge >= 0.3 is 0 Å². The lowest BCUT2D eigenvalue weighted by molar-refractivity contribution is 0.222. The first-order chi connectivity index (χ1) is 4.76. The maximum Gasteiger partial charge on any atom is 0.0338 e. The fourth-order valence-electron chi connectivity index (χ4n) is 2.46. The van der Waals surface area contributed by atoms with Crippen LogP contribution >= 0.6 is 0 Å². The first-order valence-electron chi connectivity index (χ1n) is 4.21. The monoisotopic (exact) mass is 140 g/mol. The normalized spacial score (nSPS) is 45.6. The summed E-state index contributed by atoms with van der Waals surface area (Å²) in [5.74, 6) is 0. The van der Waals surface area contributed by atoms with Gasteiger partial charge in [0.15, 0.2) is 0 Å². The smallest absolute Gasteiger partial charge is 0.0338 e. The molecule has 58 valence electrons. The second-order valence-electron chi connectivity index (χ2n) is 3.79. The van der Waals surface area contributed by atoms with Crippen LogP contribution in [0.15, 0.2) is 0 Å². The van der Waals surface area contributed by atoms with E-state index in [0.29, 0.717) is 5.54 Å². The molecule has 2 saturated heterocycles. The second-order valence-corrected chi connectivity index (χ2v) is 3.79. The molecular weight excluding hydrogens is 124 g/mol. The van der Waals surface area contributed by atoms with Gasteiger partial charge in [-0.25, -0.2) is 0 Å². The number of rotatable bonds is 2. The summed E-state index contributed by atoms with van der Waals surface area (Å²) in [6.45, 7) is 4.59. The van der Waals surface area contributed by atoms with Gasteiger partial charge in [-0.3, -0.25) is 0 Å². The van der Waals surface area contributed by atoms with Crippen molar-refractivity contribution in [1.82, 2.24) is 10.2 Å². The average Bonchev–Trinajstić information content (AvgIpc) is 2.20. The Kier molecular flexibility index (Phi) is 1.29. The summed E-state index contributed by atoms with van der Waals surface area (Å²) in [7, 11) is 2.23. The molecule has 1 N–H and O–H groups in total. The molecule has 2 aliphatic heterocycles. The SMILES string of the molecule is CCNC12CC(C1)N(C)C2. The molecule has 2 bridgehead atoms. The fraction of sp³-hybridized carbons (Fsp3) is 1.00. The highest BCUT2D eigenvalue weighted by Gasteiger charge is 2.52. The number of hydrogen-bond donors (Lipinski definition) is 1. The molecule has 3 fully saturated rings. The van der Waals surface area contributed by atoms with E-state index in [-0.39, 0.29) is 0 Å². The fourth-order valence-corrected chi connectivity index (χ4v) is 2.46. The van der Waals surface area contributed by atoms with Crippen LogP contribution in [0.1, 0.15) is 19.8 Å². The summed E-state index contributed by atoms with van der Waals surface area (Å²) in [5.41, 5.74) is 0.536. The Labute approximate surface area is 62.6 Å². The number of nitrogens with zero attached hydrogens (tertiary/aromatic N) is 1. The second kappa shape index (κ2) is 1.95. The van der Waals surface area contributed by atoms with Gasteiger partial charge in [-0.05, 0) is 26.4 Å². The molecule has 1 saturated carbocycles. The summed E-state index contributed by atoms with van der Waals surface area (Å²) in [5, 5.41) is 3.58. The molecule has 0 aromatic heterocycles. The van der Waals surface area contributed by atoms with Crippen LogP contribution in [0.2, 0.25) is 0 Å². The quantitative estimate of drug-likeness (QED) is 0.599. The largest absolute Gasteiger partial charge is 0.310 e. The van der Waals surface area contributed by atoms with Crippen molar-refractivity contribution in [2.45, 2.75) is 31.3 Å². The van der Waals surface area contributed by atoms with E-state index < -0.39 is 0 Å². The Morgan fingerprint density at radius 1 is 1.60 bits per heavy atom. The molecule has 0 aromatic carbocycles. The molecule has 2 heteroatoms. The van der Waals surface area contributed by atoms with Crippen LogP contribution in [0, 0.1) is 0 Å². The van der Waals surface area contributed by atoms with E-state index in [4.69, 9.17) is 0 Å². The number of fused-ring (bicyclic) bond motifs is 1. The average molecular weight is 140 g/mol. The van der Waals surface area contributed by atoms with Crippen molar-refractivity contribution in [3.8, 4) is 0 Å². The van der Waals surface area contributed by atoms with E-state index in [0.717, 1.165) is 12.6 Å². The summed E-state index contributed by atoms with van der Waals surface area (Å²) >= 11 is 0. The van der Waals surface area contributed by atoms with E-state index in [1.807, 2.05) is 0 Å². The van der Waals surface area contributed by atoms with E-state index in [2.05, 4.69) is 24.2 Å². The van der Waals surface area contributed by atoms with Crippen molar-refractivity contribution >= 4 is 0 Å². The van der Waals surface area contributed by atoms with E-state index in [9.17, 15) is 0 Å². The van der Waals surface area contributed by atoms with Crippen LogP contribution in [0.25, 0.3) is 0 Å². The molecule has 0 amide bonds. The molecule has 1 aliphatic carbocycles. The van der Waals surface area contributed by atoms with Crippen LogP contribution in [-0.4, -0.2) is 36.6 Å². The van der Waals surface area contributed by atoms with Gasteiger partial charge in [-0.2, -0.15) is 0 Å². The molecule has 2 heterocycles. The van der Waals surface area contributed by atoms with Crippen molar-refractivity contribution in [3.05, 3.63) is 0 Å². The molecule has 0 spiro atoms. The molecular formula is C8H16N2. The summed E-state index contributed by atoms with van der Waals surface area (Å²) in [6, 6.07) is 0.902. The van der Waals surface area contributed by atoms with Crippen molar-refractivity contribution < 1.29 is 0 Å². The van der Waals surface area contributed by atoms with Crippen LogP contribution in [0.4, 0.5) is 0 Å². The summed E-state index contributed by atoms with van der Waals surface area (Å²) in [6.07, 6.45) is 2.77. The molecule has 3 aliphatic rings. The van der Waals surface area contributed by atoms with E-state index in [1.165, 1.54) is 19.4 Å². The van der Waals surface area contributed by atoms with Gasteiger partial charge in [0.2, 0.25) is 0 Å². The lowest BCUT2D eigenvalue weighted by Crippen LogP contribution is -2.52. The van der Waals surface area contributed by atoms with Crippen molar-refractivity contribution in [2.24, 2.45) is 0 Å². The molecule has 0 radical (unpaired) electrons. The van der Waals surface area contributed by atoms with E-state index >= 15 is 0 Å². The predicted molar refractivity (Wildman–Crippen MR) is 42.1 cm³/mol. The zero-order valence-corrected chi connectivity index (χ0v) is 6.85. The van der Waals surface area contributed by atoms with Gasteiger partial charge < -0.3 is 10.2 Å². The van der Waals surface area contributed by atoms with Gasteiger partial charge in [0.05, 0.1) is 0 Å². The Bertz CT molecular complexity index is 133. The predicted octanol–water partition coefficient (Wildman–Crippen LogP) is 0.443. The van der Waals surface area contributed by atoms with Gasteiger partial charge in [0.25, 0.3) is 0 Å². The maximum absolute atomic E-state index is 3.58. The molecule has 0 atom stereocenters. The first kappa shape index (κ1) is 6.62. The molecule has 10 heavy (non-hydrogen) atoms. The van der Waals surface area contributed by atoms with Crippen LogP contribution in [0.5, 0.6) is 0 Å². The maximum atomic E-state index is 3.58. The van der Waals surface area contributed by atoms with Gasteiger partial charge in [0.1, 0.15) is 0 Å². The van der Waals surface area contributed by atoms with Gasteiger partial charge in [0, 0.05) is 18.1 Å². The Balaban J connectivity index is 1.97. The topological polar surface area (TPSA) is 15.3 Å². The lowest BCUT2D eigenvalue weighted by Gasteiger charge is -2.37. The van der Waals surface area contributed by atoms with E-state index in [1.54, 1.807) is 0 Å². The zero-order valence-electron chi connectivity index (χ0n) is 6.85.